The van der Waals surface area contributed by atoms with Crippen molar-refractivity contribution in [2.75, 3.05) is 39.4 Å². The van der Waals surface area contributed by atoms with Gasteiger partial charge in [-0.3, -0.25) is 9.36 Å². The van der Waals surface area contributed by atoms with E-state index < -0.39 is 10.0 Å². The fourth-order valence-electron chi connectivity index (χ4n) is 4.65. The van der Waals surface area contributed by atoms with Crippen molar-refractivity contribution in [3.63, 3.8) is 0 Å². The summed E-state index contributed by atoms with van der Waals surface area (Å²) in [5, 5.41) is 0. The van der Waals surface area contributed by atoms with E-state index >= 15 is 0 Å². The van der Waals surface area contributed by atoms with Gasteiger partial charge in [-0.2, -0.15) is 4.31 Å². The second-order valence-corrected chi connectivity index (χ2v) is 10.3. The number of imidazole rings is 1. The Morgan fingerprint density at radius 2 is 1.61 bits per heavy atom. The second-order valence-electron chi connectivity index (χ2n) is 8.38. The van der Waals surface area contributed by atoms with Gasteiger partial charge >= 0.3 is 5.69 Å². The predicted molar refractivity (Wildman–Crippen MR) is 123 cm³/mol. The molecule has 2 saturated heterocycles. The molecule has 2 fully saturated rings. The molecule has 174 valence electrons. The average molecular weight is 471 g/mol. The Labute approximate surface area is 191 Å². The Morgan fingerprint density at radius 3 is 2.30 bits per heavy atom. The number of aromatic nitrogens is 2. The number of H-pyrrole nitrogens is 1. The molecule has 3 aromatic rings. The number of hydrogen-bond donors (Lipinski definition) is 1. The first-order valence-corrected chi connectivity index (χ1v) is 12.6. The van der Waals surface area contributed by atoms with Crippen LogP contribution in [0.25, 0.3) is 11.0 Å². The van der Waals surface area contributed by atoms with E-state index in [1.54, 1.807) is 21.6 Å². The molecule has 2 aliphatic heterocycles. The van der Waals surface area contributed by atoms with Gasteiger partial charge in [0.15, 0.2) is 0 Å². The predicted octanol–water partition coefficient (Wildman–Crippen LogP) is 1.83. The van der Waals surface area contributed by atoms with E-state index in [-0.39, 0.29) is 22.5 Å². The van der Waals surface area contributed by atoms with Gasteiger partial charge in [0, 0.05) is 37.8 Å². The van der Waals surface area contributed by atoms with Crippen molar-refractivity contribution in [2.45, 2.75) is 23.8 Å². The standard InChI is InChI=1S/C23H26N4O5S/c28-22(17-5-7-19(8-6-17)33(30,31)26-13-15-32-16-14-26)25-11-9-18(10-12-25)27-21-4-2-1-3-20(21)24-23(27)29/h1-8,18H,9-16H2,(H,24,29). The number of likely N-dealkylation sites (tertiary alicyclic amines) is 1. The number of fused-ring (bicyclic) bond motifs is 1. The number of para-hydroxylation sites is 2. The summed E-state index contributed by atoms with van der Waals surface area (Å²) in [4.78, 5) is 30.3. The number of carbonyl (C=O) groups is 1. The van der Waals surface area contributed by atoms with Gasteiger partial charge in [-0.1, -0.05) is 12.1 Å². The highest BCUT2D eigenvalue weighted by Gasteiger charge is 2.28. The summed E-state index contributed by atoms with van der Waals surface area (Å²) in [6.45, 7) is 2.49. The van der Waals surface area contributed by atoms with Gasteiger partial charge in [0.05, 0.1) is 29.1 Å². The number of aromatic amines is 1. The molecule has 3 heterocycles. The minimum Gasteiger partial charge on any atom is -0.379 e. The third kappa shape index (κ3) is 4.09. The normalized spacial score (nSPS) is 18.6. The lowest BCUT2D eigenvalue weighted by Crippen LogP contribution is -2.41. The van der Waals surface area contributed by atoms with Gasteiger partial charge in [0.2, 0.25) is 10.0 Å². The van der Waals surface area contributed by atoms with Crippen molar-refractivity contribution in [1.29, 1.82) is 0 Å². The molecule has 1 aromatic heterocycles. The summed E-state index contributed by atoms with van der Waals surface area (Å²) < 4.78 is 34.0. The molecular formula is C23H26N4O5S. The largest absolute Gasteiger partial charge is 0.379 e. The van der Waals surface area contributed by atoms with Crippen molar-refractivity contribution in [3.05, 3.63) is 64.6 Å². The van der Waals surface area contributed by atoms with Crippen molar-refractivity contribution >= 4 is 27.0 Å². The summed E-state index contributed by atoms with van der Waals surface area (Å²) in [6.07, 6.45) is 1.36. The van der Waals surface area contributed by atoms with E-state index in [4.69, 9.17) is 4.74 Å². The third-order valence-electron chi connectivity index (χ3n) is 6.45. The molecule has 0 aliphatic carbocycles. The van der Waals surface area contributed by atoms with Crippen LogP contribution >= 0.6 is 0 Å². The van der Waals surface area contributed by atoms with E-state index in [1.165, 1.54) is 16.4 Å². The number of hydrogen-bond acceptors (Lipinski definition) is 5. The molecule has 5 rings (SSSR count). The van der Waals surface area contributed by atoms with Gasteiger partial charge in [-0.15, -0.1) is 0 Å². The number of nitrogens with zero attached hydrogens (tertiary/aromatic N) is 3. The summed E-state index contributed by atoms with van der Waals surface area (Å²) in [5.41, 5.74) is 2.02. The molecule has 1 N–H and O–H groups in total. The number of benzene rings is 2. The Hall–Kier alpha value is -2.95. The van der Waals surface area contributed by atoms with Crippen LogP contribution in [0.3, 0.4) is 0 Å². The number of carbonyl (C=O) groups excluding carboxylic acids is 1. The van der Waals surface area contributed by atoms with Crippen LogP contribution in [0.2, 0.25) is 0 Å². The molecule has 2 aromatic carbocycles. The lowest BCUT2D eigenvalue weighted by molar-refractivity contribution is 0.0695. The molecule has 10 heteroatoms. The first-order chi connectivity index (χ1) is 15.9. The minimum atomic E-state index is -3.59. The second kappa shape index (κ2) is 8.77. The van der Waals surface area contributed by atoms with Gasteiger partial charge in [-0.25, -0.2) is 13.2 Å². The van der Waals surface area contributed by atoms with Gasteiger partial charge in [0.1, 0.15) is 0 Å². The van der Waals surface area contributed by atoms with Gasteiger partial charge in [0.25, 0.3) is 5.91 Å². The van der Waals surface area contributed by atoms with E-state index in [1.807, 2.05) is 24.3 Å². The number of rotatable bonds is 4. The SMILES string of the molecule is O=C(c1ccc(S(=O)(=O)N2CCOCC2)cc1)N1CCC(n2c(=O)[nH]c3ccccc32)CC1. The summed E-state index contributed by atoms with van der Waals surface area (Å²) in [6, 6.07) is 13.8. The van der Waals surface area contributed by atoms with Crippen molar-refractivity contribution < 1.29 is 17.9 Å². The number of amides is 1. The lowest BCUT2D eigenvalue weighted by Gasteiger charge is -2.32. The smallest absolute Gasteiger partial charge is 0.326 e. The molecular weight excluding hydrogens is 444 g/mol. The van der Waals surface area contributed by atoms with Gasteiger partial charge in [-0.05, 0) is 49.2 Å². The molecule has 2 aliphatic rings. The van der Waals surface area contributed by atoms with Crippen LogP contribution in [0, 0.1) is 0 Å². The van der Waals surface area contributed by atoms with Crippen molar-refractivity contribution in [3.8, 4) is 0 Å². The fraction of sp³-hybridized carbons (Fsp3) is 0.391. The molecule has 1 amide bonds. The van der Waals surface area contributed by atoms with Gasteiger partial charge < -0.3 is 14.6 Å². The van der Waals surface area contributed by atoms with Crippen LogP contribution in [0.5, 0.6) is 0 Å². The van der Waals surface area contributed by atoms with Crippen molar-refractivity contribution in [1.82, 2.24) is 18.8 Å². The maximum Gasteiger partial charge on any atom is 0.326 e. The number of nitrogens with one attached hydrogen (secondary N) is 1. The zero-order valence-electron chi connectivity index (χ0n) is 18.1. The third-order valence-corrected chi connectivity index (χ3v) is 8.36. The monoisotopic (exact) mass is 470 g/mol. The Kier molecular flexibility index (Phi) is 5.81. The quantitative estimate of drug-likeness (QED) is 0.626. The van der Waals surface area contributed by atoms with Crippen LogP contribution in [0.1, 0.15) is 29.2 Å². The van der Waals surface area contributed by atoms with Crippen LogP contribution in [-0.2, 0) is 14.8 Å². The minimum absolute atomic E-state index is 0.0266. The topological polar surface area (TPSA) is 105 Å². The Bertz CT molecular complexity index is 1310. The molecule has 0 atom stereocenters. The van der Waals surface area contributed by atoms with E-state index in [9.17, 15) is 18.0 Å². The first-order valence-electron chi connectivity index (χ1n) is 11.1. The number of morpholine rings is 1. The van der Waals surface area contributed by atoms with Crippen LogP contribution in [0.15, 0.2) is 58.2 Å². The van der Waals surface area contributed by atoms with E-state index in [0.717, 1.165) is 11.0 Å². The molecule has 9 nitrogen and oxygen atoms in total. The molecule has 0 radical (unpaired) electrons. The fourth-order valence-corrected chi connectivity index (χ4v) is 6.06. The molecule has 0 bridgehead atoms. The van der Waals surface area contributed by atoms with Crippen LogP contribution < -0.4 is 5.69 Å². The van der Waals surface area contributed by atoms with E-state index in [0.29, 0.717) is 57.8 Å². The summed E-state index contributed by atoms with van der Waals surface area (Å²) in [5.74, 6) is -0.130. The molecule has 0 saturated carbocycles. The molecule has 33 heavy (non-hydrogen) atoms. The molecule has 0 unspecified atom stereocenters. The number of piperidine rings is 1. The summed E-state index contributed by atoms with van der Waals surface area (Å²) in [7, 11) is -3.59. The maximum atomic E-state index is 13.0. The van der Waals surface area contributed by atoms with Crippen LogP contribution in [-0.4, -0.2) is 72.5 Å². The Morgan fingerprint density at radius 1 is 0.939 bits per heavy atom. The zero-order chi connectivity index (χ0) is 23.0. The highest BCUT2D eigenvalue weighted by molar-refractivity contribution is 7.89. The van der Waals surface area contributed by atoms with Crippen LogP contribution in [0.4, 0.5) is 0 Å². The maximum absolute atomic E-state index is 13.0. The average Bonchev–Trinajstić information content (AvgIpc) is 3.20. The summed E-state index contributed by atoms with van der Waals surface area (Å²) >= 11 is 0. The number of sulfonamides is 1. The first kappa shape index (κ1) is 21.9. The van der Waals surface area contributed by atoms with Crippen molar-refractivity contribution in [2.24, 2.45) is 0 Å². The highest BCUT2D eigenvalue weighted by Crippen LogP contribution is 2.26. The number of ether oxygens (including phenoxy) is 1. The highest BCUT2D eigenvalue weighted by atomic mass is 32.2. The van der Waals surface area contributed by atoms with E-state index in [2.05, 4.69) is 4.98 Å². The zero-order valence-corrected chi connectivity index (χ0v) is 19.0. The lowest BCUT2D eigenvalue weighted by atomic mass is 10.0. The molecule has 0 spiro atoms. The Balaban J connectivity index is 1.26.